The predicted octanol–water partition coefficient (Wildman–Crippen LogP) is 1.95. The number of rotatable bonds is 2. The van der Waals surface area contributed by atoms with Gasteiger partial charge >= 0.3 is 0 Å². The molecule has 0 aromatic heterocycles. The Kier molecular flexibility index (Phi) is 1.76. The van der Waals surface area contributed by atoms with Gasteiger partial charge in [-0.25, -0.2) is 0 Å². The van der Waals surface area contributed by atoms with Crippen molar-refractivity contribution in [3.63, 3.8) is 0 Å². The second-order valence-electron chi connectivity index (χ2n) is 4.16. The van der Waals surface area contributed by atoms with Gasteiger partial charge in [0, 0.05) is 12.1 Å². The average molecular weight is 151 g/mol. The van der Waals surface area contributed by atoms with Gasteiger partial charge in [0.25, 0.3) is 0 Å². The van der Waals surface area contributed by atoms with Gasteiger partial charge in [0.2, 0.25) is 0 Å². The summed E-state index contributed by atoms with van der Waals surface area (Å²) in [6, 6.07) is 1.47. The molecule has 11 heavy (non-hydrogen) atoms. The molecular formula is C10H17N. The summed E-state index contributed by atoms with van der Waals surface area (Å²) in [5.41, 5.74) is 0. The number of hydrogen-bond donors (Lipinski definition) is 1. The predicted molar refractivity (Wildman–Crippen MR) is 47.4 cm³/mol. The maximum absolute atomic E-state index is 3.61. The van der Waals surface area contributed by atoms with Crippen LogP contribution < -0.4 is 5.32 Å². The lowest BCUT2D eigenvalue weighted by Gasteiger charge is -2.42. The lowest BCUT2D eigenvalue weighted by atomic mass is 9.71. The van der Waals surface area contributed by atoms with Crippen LogP contribution in [-0.4, -0.2) is 12.1 Å². The minimum Gasteiger partial charge on any atom is -0.311 e. The first-order valence-electron chi connectivity index (χ1n) is 4.70. The second-order valence-corrected chi connectivity index (χ2v) is 4.16. The lowest BCUT2D eigenvalue weighted by Crippen LogP contribution is -2.50. The molecule has 1 N–H and O–H groups in total. The summed E-state index contributed by atoms with van der Waals surface area (Å²) in [6.07, 6.45) is 7.43. The van der Waals surface area contributed by atoms with E-state index in [4.69, 9.17) is 0 Å². The van der Waals surface area contributed by atoms with E-state index in [0.717, 1.165) is 17.9 Å². The first-order chi connectivity index (χ1) is 5.27. The van der Waals surface area contributed by atoms with Crippen LogP contribution in [0.4, 0.5) is 0 Å². The zero-order valence-corrected chi connectivity index (χ0v) is 7.38. The van der Waals surface area contributed by atoms with Crippen LogP contribution in [0.3, 0.4) is 0 Å². The molecule has 1 saturated carbocycles. The Bertz CT molecular complexity index is 172. The summed E-state index contributed by atoms with van der Waals surface area (Å²) in [6.45, 7) is 4.46. The van der Waals surface area contributed by atoms with Gasteiger partial charge in [-0.15, -0.1) is 0 Å². The SMILES string of the molecule is CC(C)NC1CC2C=CCC21. The second kappa shape index (κ2) is 2.63. The van der Waals surface area contributed by atoms with E-state index in [-0.39, 0.29) is 0 Å². The van der Waals surface area contributed by atoms with Gasteiger partial charge in [0.1, 0.15) is 0 Å². The van der Waals surface area contributed by atoms with Crippen molar-refractivity contribution in [2.24, 2.45) is 11.8 Å². The van der Waals surface area contributed by atoms with Crippen molar-refractivity contribution in [3.05, 3.63) is 12.2 Å². The van der Waals surface area contributed by atoms with Gasteiger partial charge in [-0.3, -0.25) is 0 Å². The van der Waals surface area contributed by atoms with E-state index in [0.29, 0.717) is 6.04 Å². The Morgan fingerprint density at radius 1 is 1.45 bits per heavy atom. The number of hydrogen-bond acceptors (Lipinski definition) is 1. The van der Waals surface area contributed by atoms with E-state index < -0.39 is 0 Å². The third-order valence-electron chi connectivity index (χ3n) is 2.93. The molecule has 2 aliphatic rings. The van der Waals surface area contributed by atoms with Crippen LogP contribution in [0.15, 0.2) is 12.2 Å². The van der Waals surface area contributed by atoms with Crippen molar-refractivity contribution in [3.8, 4) is 0 Å². The molecule has 0 saturated heterocycles. The molecule has 0 bridgehead atoms. The molecular weight excluding hydrogens is 134 g/mol. The molecule has 0 heterocycles. The Hall–Kier alpha value is -0.300. The molecule has 0 aliphatic heterocycles. The van der Waals surface area contributed by atoms with E-state index >= 15 is 0 Å². The van der Waals surface area contributed by atoms with Crippen molar-refractivity contribution in [1.82, 2.24) is 5.32 Å². The third kappa shape index (κ3) is 1.22. The maximum atomic E-state index is 3.61. The monoisotopic (exact) mass is 151 g/mol. The Morgan fingerprint density at radius 2 is 2.27 bits per heavy atom. The summed E-state index contributed by atoms with van der Waals surface area (Å²) >= 11 is 0. The molecule has 0 radical (unpaired) electrons. The zero-order valence-electron chi connectivity index (χ0n) is 7.38. The molecule has 62 valence electrons. The molecule has 1 heteroatoms. The highest BCUT2D eigenvalue weighted by Gasteiger charge is 2.40. The first-order valence-corrected chi connectivity index (χ1v) is 4.70. The van der Waals surface area contributed by atoms with E-state index in [9.17, 15) is 0 Å². The van der Waals surface area contributed by atoms with Crippen molar-refractivity contribution >= 4 is 0 Å². The van der Waals surface area contributed by atoms with Crippen LogP contribution in [0.5, 0.6) is 0 Å². The fourth-order valence-electron chi connectivity index (χ4n) is 2.34. The van der Waals surface area contributed by atoms with Crippen molar-refractivity contribution in [1.29, 1.82) is 0 Å². The molecule has 3 atom stereocenters. The van der Waals surface area contributed by atoms with Gasteiger partial charge in [-0.2, -0.15) is 0 Å². The van der Waals surface area contributed by atoms with E-state index in [1.54, 1.807) is 0 Å². The van der Waals surface area contributed by atoms with Gasteiger partial charge in [-0.05, 0) is 24.7 Å². The van der Waals surface area contributed by atoms with Crippen molar-refractivity contribution < 1.29 is 0 Å². The maximum Gasteiger partial charge on any atom is 0.0112 e. The highest BCUT2D eigenvalue weighted by atomic mass is 15.0. The molecule has 0 spiro atoms. The van der Waals surface area contributed by atoms with E-state index in [2.05, 4.69) is 31.3 Å². The topological polar surface area (TPSA) is 12.0 Å². The van der Waals surface area contributed by atoms with Gasteiger partial charge in [-0.1, -0.05) is 26.0 Å². The molecule has 0 aromatic rings. The highest BCUT2D eigenvalue weighted by Crippen LogP contribution is 2.42. The van der Waals surface area contributed by atoms with Crippen molar-refractivity contribution in [2.75, 3.05) is 0 Å². The fourth-order valence-corrected chi connectivity index (χ4v) is 2.34. The lowest BCUT2D eigenvalue weighted by molar-refractivity contribution is 0.151. The van der Waals surface area contributed by atoms with Crippen LogP contribution in [-0.2, 0) is 0 Å². The van der Waals surface area contributed by atoms with Crippen molar-refractivity contribution in [2.45, 2.75) is 38.8 Å². The highest BCUT2D eigenvalue weighted by molar-refractivity contribution is 5.12. The van der Waals surface area contributed by atoms with Gasteiger partial charge in [0.05, 0.1) is 0 Å². The number of allylic oxidation sites excluding steroid dienone is 2. The largest absolute Gasteiger partial charge is 0.311 e. The van der Waals surface area contributed by atoms with Crippen LogP contribution in [0.25, 0.3) is 0 Å². The Labute approximate surface area is 68.9 Å². The standard InChI is InChI=1S/C10H17N/c1-7(2)11-10-6-8-4-3-5-9(8)10/h3-4,7-11H,5-6H2,1-2H3. The molecule has 2 aliphatic carbocycles. The van der Waals surface area contributed by atoms with Gasteiger partial charge < -0.3 is 5.32 Å². The normalized spacial score (nSPS) is 40.8. The number of fused-ring (bicyclic) bond motifs is 1. The molecule has 3 unspecified atom stereocenters. The smallest absolute Gasteiger partial charge is 0.0112 e. The van der Waals surface area contributed by atoms with Crippen LogP contribution in [0.2, 0.25) is 0 Å². The molecule has 0 amide bonds. The van der Waals surface area contributed by atoms with Crippen LogP contribution >= 0.6 is 0 Å². The summed E-state index contributed by atoms with van der Waals surface area (Å²) < 4.78 is 0. The van der Waals surface area contributed by atoms with E-state index in [1.807, 2.05) is 0 Å². The first kappa shape index (κ1) is 7.35. The van der Waals surface area contributed by atoms with Gasteiger partial charge in [0.15, 0.2) is 0 Å². The fraction of sp³-hybridized carbons (Fsp3) is 0.800. The zero-order chi connectivity index (χ0) is 7.84. The third-order valence-corrected chi connectivity index (χ3v) is 2.93. The minimum absolute atomic E-state index is 0.654. The summed E-state index contributed by atoms with van der Waals surface area (Å²) in [7, 11) is 0. The minimum atomic E-state index is 0.654. The average Bonchev–Trinajstić information content (AvgIpc) is 2.26. The summed E-state index contributed by atoms with van der Waals surface area (Å²) in [5.74, 6) is 1.86. The van der Waals surface area contributed by atoms with Crippen LogP contribution in [0.1, 0.15) is 26.7 Å². The molecule has 1 fully saturated rings. The quantitative estimate of drug-likeness (QED) is 0.595. The summed E-state index contributed by atoms with van der Waals surface area (Å²) in [4.78, 5) is 0. The number of nitrogens with one attached hydrogen (secondary N) is 1. The van der Waals surface area contributed by atoms with Crippen LogP contribution in [0, 0.1) is 11.8 Å². The Balaban J connectivity index is 1.83. The Morgan fingerprint density at radius 3 is 2.91 bits per heavy atom. The molecule has 2 rings (SSSR count). The molecule has 0 aromatic carbocycles. The molecule has 1 nitrogen and oxygen atoms in total. The summed E-state index contributed by atoms with van der Waals surface area (Å²) in [5, 5.41) is 3.61. The van der Waals surface area contributed by atoms with E-state index in [1.165, 1.54) is 12.8 Å².